The highest BCUT2D eigenvalue weighted by atomic mass is 35.5. The first-order valence-electron chi connectivity index (χ1n) is 13.2. The minimum Gasteiger partial charge on any atom is -0.354 e. The van der Waals surface area contributed by atoms with Crippen LogP contribution in [0.25, 0.3) is 0 Å². The molecule has 0 aliphatic carbocycles. The first-order chi connectivity index (χ1) is 19.2. The first kappa shape index (κ1) is 29.3. The zero-order chi connectivity index (χ0) is 28.7. The lowest BCUT2D eigenvalue weighted by atomic mass is 10.0. The van der Waals surface area contributed by atoms with E-state index in [1.165, 1.54) is 17.0 Å². The second-order valence-corrected chi connectivity index (χ2v) is 11.8. The van der Waals surface area contributed by atoms with Gasteiger partial charge < -0.3 is 10.2 Å². The van der Waals surface area contributed by atoms with E-state index in [0.29, 0.717) is 17.1 Å². The number of nitrogens with zero attached hydrogens (tertiary/aromatic N) is 2. The summed E-state index contributed by atoms with van der Waals surface area (Å²) in [5.74, 6) is -1.44. The fourth-order valence-electron chi connectivity index (χ4n) is 4.66. The normalized spacial score (nSPS) is 14.4. The van der Waals surface area contributed by atoms with Crippen LogP contribution in [0.3, 0.4) is 0 Å². The molecule has 1 aliphatic rings. The third-order valence-corrected chi connectivity index (χ3v) is 9.05. The quantitative estimate of drug-likeness (QED) is 0.319. The summed E-state index contributed by atoms with van der Waals surface area (Å²) >= 11 is 6.44. The van der Waals surface area contributed by atoms with Gasteiger partial charge in [-0.05, 0) is 35.7 Å². The topological polar surface area (TPSA) is 104 Å². The maximum absolute atomic E-state index is 13.8. The Morgan fingerprint density at radius 2 is 1.65 bits per heavy atom. The maximum atomic E-state index is 13.8. The van der Waals surface area contributed by atoms with Gasteiger partial charge in [-0.2, -0.15) is 0 Å². The van der Waals surface area contributed by atoms with Crippen molar-refractivity contribution in [1.29, 1.82) is 0 Å². The van der Waals surface area contributed by atoms with Gasteiger partial charge in [0.25, 0.3) is 15.9 Å². The van der Waals surface area contributed by atoms with Crippen LogP contribution in [0.15, 0.2) is 83.8 Å². The standard InChI is InChI=1S/C30H32ClN3O5S/c1-2-3-18-32-29(36)26(20-22-11-5-4-6-12-22)33(21-23-13-7-9-15-25(23)31)28(35)17-19-34-30(37)24-14-8-10-16-27(24)40(34,38)39/h4-16,26H,2-3,17-21H2,1H3,(H,32,36)/t26-/m1/s1. The number of hydrogen-bond acceptors (Lipinski definition) is 5. The first-order valence-corrected chi connectivity index (χ1v) is 15.1. The summed E-state index contributed by atoms with van der Waals surface area (Å²) in [5, 5.41) is 3.39. The summed E-state index contributed by atoms with van der Waals surface area (Å²) in [6.07, 6.45) is 1.64. The van der Waals surface area contributed by atoms with E-state index in [0.717, 1.165) is 22.7 Å². The average molecular weight is 582 g/mol. The molecule has 0 radical (unpaired) electrons. The zero-order valence-corrected chi connectivity index (χ0v) is 23.8. The Bertz CT molecular complexity index is 1480. The smallest absolute Gasteiger partial charge is 0.269 e. The van der Waals surface area contributed by atoms with Gasteiger partial charge in [0.05, 0.1) is 5.56 Å². The number of fused-ring (bicyclic) bond motifs is 1. The molecule has 0 fully saturated rings. The molecule has 0 spiro atoms. The Morgan fingerprint density at radius 3 is 2.35 bits per heavy atom. The Morgan fingerprint density at radius 1 is 0.975 bits per heavy atom. The largest absolute Gasteiger partial charge is 0.354 e. The van der Waals surface area contributed by atoms with E-state index >= 15 is 0 Å². The molecule has 40 heavy (non-hydrogen) atoms. The molecule has 1 aliphatic heterocycles. The van der Waals surface area contributed by atoms with Crippen LogP contribution in [-0.2, 0) is 32.6 Å². The Hall–Kier alpha value is -3.69. The number of sulfonamides is 1. The van der Waals surface area contributed by atoms with Crippen LogP contribution in [0.4, 0.5) is 0 Å². The molecule has 1 N–H and O–H groups in total. The van der Waals surface area contributed by atoms with E-state index in [9.17, 15) is 22.8 Å². The number of hydrogen-bond donors (Lipinski definition) is 1. The van der Waals surface area contributed by atoms with E-state index in [-0.39, 0.29) is 42.3 Å². The molecule has 3 amide bonds. The van der Waals surface area contributed by atoms with Crippen molar-refractivity contribution in [3.8, 4) is 0 Å². The Labute approximate surface area is 240 Å². The number of nitrogens with one attached hydrogen (secondary N) is 1. The monoisotopic (exact) mass is 581 g/mol. The molecule has 8 nitrogen and oxygen atoms in total. The van der Waals surface area contributed by atoms with Gasteiger partial charge in [-0.3, -0.25) is 14.4 Å². The highest BCUT2D eigenvalue weighted by molar-refractivity contribution is 7.90. The van der Waals surface area contributed by atoms with Crippen molar-refractivity contribution in [2.45, 2.75) is 50.1 Å². The Kier molecular flexibility index (Phi) is 9.60. The fourth-order valence-corrected chi connectivity index (χ4v) is 6.43. The summed E-state index contributed by atoms with van der Waals surface area (Å²) in [6, 6.07) is 21.5. The summed E-state index contributed by atoms with van der Waals surface area (Å²) in [4.78, 5) is 41.6. The van der Waals surface area contributed by atoms with Gasteiger partial charge in [0.1, 0.15) is 10.9 Å². The molecule has 0 aromatic heterocycles. The van der Waals surface area contributed by atoms with E-state index < -0.39 is 27.9 Å². The van der Waals surface area contributed by atoms with Gasteiger partial charge in [0, 0.05) is 37.5 Å². The van der Waals surface area contributed by atoms with Crippen LogP contribution in [0.5, 0.6) is 0 Å². The van der Waals surface area contributed by atoms with E-state index in [1.54, 1.807) is 36.4 Å². The number of amides is 3. The number of carbonyl (C=O) groups excluding carboxylic acids is 3. The predicted molar refractivity (Wildman–Crippen MR) is 153 cm³/mol. The van der Waals surface area contributed by atoms with Crippen LogP contribution in [0.2, 0.25) is 5.02 Å². The molecule has 1 heterocycles. The lowest BCUT2D eigenvalue weighted by Crippen LogP contribution is -2.51. The molecule has 0 bridgehead atoms. The summed E-state index contributed by atoms with van der Waals surface area (Å²) in [5.41, 5.74) is 1.59. The van der Waals surface area contributed by atoms with Crippen molar-refractivity contribution in [2.75, 3.05) is 13.1 Å². The van der Waals surface area contributed by atoms with Gasteiger partial charge in [-0.15, -0.1) is 0 Å². The molecule has 10 heteroatoms. The van der Waals surface area contributed by atoms with Crippen molar-refractivity contribution < 1.29 is 22.8 Å². The highest BCUT2D eigenvalue weighted by Gasteiger charge is 2.41. The van der Waals surface area contributed by atoms with Gasteiger partial charge >= 0.3 is 0 Å². The summed E-state index contributed by atoms with van der Waals surface area (Å²) in [7, 11) is -4.07. The van der Waals surface area contributed by atoms with Gasteiger partial charge in [0.15, 0.2) is 0 Å². The molecular weight excluding hydrogens is 550 g/mol. The molecule has 0 unspecified atom stereocenters. The number of unbranched alkanes of at least 4 members (excludes halogenated alkanes) is 1. The van der Waals surface area contributed by atoms with Gasteiger partial charge in [0.2, 0.25) is 11.8 Å². The van der Waals surface area contributed by atoms with Crippen molar-refractivity contribution in [3.05, 3.63) is 101 Å². The summed E-state index contributed by atoms with van der Waals surface area (Å²) in [6.45, 7) is 2.18. The predicted octanol–water partition coefficient (Wildman–Crippen LogP) is 4.43. The number of rotatable bonds is 12. The SMILES string of the molecule is CCCCNC(=O)[C@@H](Cc1ccccc1)N(Cc1ccccc1Cl)C(=O)CCN1C(=O)c2ccccc2S1(=O)=O. The number of carbonyl (C=O) groups is 3. The lowest BCUT2D eigenvalue weighted by molar-refractivity contribution is -0.141. The minimum absolute atomic E-state index is 0.0398. The van der Waals surface area contributed by atoms with Crippen LogP contribution in [0, 0.1) is 0 Å². The minimum atomic E-state index is -4.07. The molecule has 0 saturated carbocycles. The van der Waals surface area contributed by atoms with Crippen molar-refractivity contribution in [1.82, 2.24) is 14.5 Å². The second-order valence-electron chi connectivity index (χ2n) is 9.59. The van der Waals surface area contributed by atoms with Crippen LogP contribution >= 0.6 is 11.6 Å². The van der Waals surface area contributed by atoms with Crippen molar-refractivity contribution in [2.24, 2.45) is 0 Å². The van der Waals surface area contributed by atoms with Crippen LogP contribution in [0.1, 0.15) is 47.7 Å². The van der Waals surface area contributed by atoms with Crippen LogP contribution < -0.4 is 5.32 Å². The number of halogens is 1. The lowest BCUT2D eigenvalue weighted by Gasteiger charge is -2.32. The third-order valence-electron chi connectivity index (χ3n) is 6.84. The molecule has 210 valence electrons. The van der Waals surface area contributed by atoms with Crippen LogP contribution in [-0.4, -0.2) is 54.5 Å². The van der Waals surface area contributed by atoms with E-state index in [4.69, 9.17) is 11.6 Å². The third kappa shape index (κ3) is 6.54. The maximum Gasteiger partial charge on any atom is 0.269 e. The molecule has 3 aromatic carbocycles. The Balaban J connectivity index is 1.63. The average Bonchev–Trinajstić information content (AvgIpc) is 3.15. The molecule has 4 rings (SSSR count). The van der Waals surface area contributed by atoms with E-state index in [1.807, 2.05) is 37.3 Å². The highest BCUT2D eigenvalue weighted by Crippen LogP contribution is 2.30. The summed E-state index contributed by atoms with van der Waals surface area (Å²) < 4.78 is 26.8. The zero-order valence-electron chi connectivity index (χ0n) is 22.3. The molecule has 0 saturated heterocycles. The van der Waals surface area contributed by atoms with Gasteiger partial charge in [-0.25, -0.2) is 12.7 Å². The number of benzene rings is 3. The molecule has 3 aromatic rings. The van der Waals surface area contributed by atoms with E-state index in [2.05, 4.69) is 5.32 Å². The fraction of sp³-hybridized carbons (Fsp3) is 0.300. The molecular formula is C30H32ClN3O5S. The van der Waals surface area contributed by atoms with Gasteiger partial charge in [-0.1, -0.05) is 85.6 Å². The molecule has 1 atom stereocenters. The second kappa shape index (κ2) is 13.1. The van der Waals surface area contributed by atoms with Crippen molar-refractivity contribution >= 4 is 39.3 Å². The van der Waals surface area contributed by atoms with Crippen molar-refractivity contribution in [3.63, 3.8) is 0 Å².